The number of nitrogens with one attached hydrogen (secondary N) is 1. The molecule has 2 heteroatoms. The molecular formula is C10H19NO. The van der Waals surface area contributed by atoms with Crippen molar-refractivity contribution in [3.05, 3.63) is 12.2 Å². The van der Waals surface area contributed by atoms with Crippen LogP contribution in [0.5, 0.6) is 0 Å². The fourth-order valence-electron chi connectivity index (χ4n) is 1.49. The van der Waals surface area contributed by atoms with Crippen molar-refractivity contribution in [2.75, 3.05) is 13.2 Å². The van der Waals surface area contributed by atoms with Gasteiger partial charge in [0.1, 0.15) is 0 Å². The molecule has 0 aliphatic carbocycles. The zero-order chi connectivity index (χ0) is 9.19. The van der Waals surface area contributed by atoms with Gasteiger partial charge in [0.05, 0.1) is 12.2 Å². The predicted octanol–water partition coefficient (Wildman–Crippen LogP) is 1.72. The van der Waals surface area contributed by atoms with Gasteiger partial charge in [0.2, 0.25) is 0 Å². The van der Waals surface area contributed by atoms with Crippen molar-refractivity contribution in [2.24, 2.45) is 0 Å². The van der Waals surface area contributed by atoms with E-state index in [4.69, 9.17) is 4.74 Å². The first-order chi connectivity index (χ1) is 5.49. The lowest BCUT2D eigenvalue weighted by Gasteiger charge is -2.16. The van der Waals surface area contributed by atoms with Crippen LogP contribution in [0.2, 0.25) is 0 Å². The van der Waals surface area contributed by atoms with Gasteiger partial charge in [-0.15, -0.1) is 0 Å². The summed E-state index contributed by atoms with van der Waals surface area (Å²) in [4.78, 5) is 0. The van der Waals surface area contributed by atoms with Crippen molar-refractivity contribution in [3.63, 3.8) is 0 Å². The fraction of sp³-hybridized carbons (Fsp3) is 0.800. The van der Waals surface area contributed by atoms with E-state index in [1.165, 1.54) is 5.57 Å². The average Bonchev–Trinajstić information content (AvgIpc) is 2.26. The molecular weight excluding hydrogens is 150 g/mol. The molecule has 1 N–H and O–H groups in total. The second-order valence-corrected chi connectivity index (χ2v) is 4.31. The van der Waals surface area contributed by atoms with Crippen LogP contribution in [0.4, 0.5) is 0 Å². The van der Waals surface area contributed by atoms with E-state index in [1.54, 1.807) is 0 Å². The van der Waals surface area contributed by atoms with E-state index in [1.807, 2.05) is 6.92 Å². The molecule has 2 nitrogen and oxygen atoms in total. The highest BCUT2D eigenvalue weighted by atomic mass is 16.5. The van der Waals surface area contributed by atoms with E-state index in [0.717, 1.165) is 19.6 Å². The third-order valence-electron chi connectivity index (χ3n) is 2.11. The molecule has 12 heavy (non-hydrogen) atoms. The van der Waals surface area contributed by atoms with Gasteiger partial charge in [0.25, 0.3) is 0 Å². The first-order valence-electron chi connectivity index (χ1n) is 4.51. The molecule has 1 atom stereocenters. The van der Waals surface area contributed by atoms with Crippen LogP contribution < -0.4 is 5.32 Å². The Bertz CT molecular complexity index is 175. The predicted molar refractivity (Wildman–Crippen MR) is 51.3 cm³/mol. The Labute approximate surface area is 75.0 Å². The smallest absolute Gasteiger partial charge is 0.0643 e. The fourth-order valence-corrected chi connectivity index (χ4v) is 1.49. The summed E-state index contributed by atoms with van der Waals surface area (Å²) in [6.45, 7) is 11.9. The highest BCUT2D eigenvalue weighted by molar-refractivity contribution is 4.94. The Morgan fingerprint density at radius 3 is 2.75 bits per heavy atom. The lowest BCUT2D eigenvalue weighted by atomic mass is 10.0. The van der Waals surface area contributed by atoms with Gasteiger partial charge in [-0.25, -0.2) is 0 Å². The van der Waals surface area contributed by atoms with Crippen molar-refractivity contribution in [1.29, 1.82) is 0 Å². The molecule has 0 radical (unpaired) electrons. The zero-order valence-corrected chi connectivity index (χ0v) is 8.31. The summed E-state index contributed by atoms with van der Waals surface area (Å²) in [6, 6.07) is 0.511. The molecule has 70 valence electrons. The summed E-state index contributed by atoms with van der Waals surface area (Å²) < 4.78 is 5.59. The lowest BCUT2D eigenvalue weighted by Crippen LogP contribution is -2.31. The maximum Gasteiger partial charge on any atom is 0.0643 e. The lowest BCUT2D eigenvalue weighted by molar-refractivity contribution is 0.0357. The van der Waals surface area contributed by atoms with Crippen LogP contribution in [0.3, 0.4) is 0 Å². The van der Waals surface area contributed by atoms with Gasteiger partial charge in [0.15, 0.2) is 0 Å². The van der Waals surface area contributed by atoms with Crippen LogP contribution >= 0.6 is 0 Å². The molecule has 1 aliphatic rings. The summed E-state index contributed by atoms with van der Waals surface area (Å²) in [5, 5.41) is 3.41. The topological polar surface area (TPSA) is 21.3 Å². The summed E-state index contributed by atoms with van der Waals surface area (Å²) in [7, 11) is 0. The van der Waals surface area contributed by atoms with E-state index in [-0.39, 0.29) is 5.60 Å². The van der Waals surface area contributed by atoms with Crippen molar-refractivity contribution >= 4 is 0 Å². The Balaban J connectivity index is 2.24. The van der Waals surface area contributed by atoms with Crippen LogP contribution in [0.25, 0.3) is 0 Å². The van der Waals surface area contributed by atoms with Gasteiger partial charge < -0.3 is 10.1 Å². The first kappa shape index (κ1) is 9.75. The van der Waals surface area contributed by atoms with Gasteiger partial charge in [-0.3, -0.25) is 0 Å². The van der Waals surface area contributed by atoms with Crippen LogP contribution in [0.1, 0.15) is 27.2 Å². The Morgan fingerprint density at radius 2 is 2.33 bits per heavy atom. The molecule has 1 aliphatic heterocycles. The molecule has 1 saturated heterocycles. The maximum atomic E-state index is 5.59. The molecule has 0 aromatic rings. The summed E-state index contributed by atoms with van der Waals surface area (Å²) >= 11 is 0. The average molecular weight is 169 g/mol. The van der Waals surface area contributed by atoms with Crippen LogP contribution in [-0.2, 0) is 4.74 Å². The largest absolute Gasteiger partial charge is 0.374 e. The Hall–Kier alpha value is -0.340. The minimum absolute atomic E-state index is 0.0622. The van der Waals surface area contributed by atoms with Crippen molar-refractivity contribution in [3.8, 4) is 0 Å². The minimum Gasteiger partial charge on any atom is -0.374 e. The molecule has 1 heterocycles. The summed E-state index contributed by atoms with van der Waals surface area (Å²) in [5.41, 5.74) is 1.24. The van der Waals surface area contributed by atoms with E-state index in [2.05, 4.69) is 25.7 Å². The van der Waals surface area contributed by atoms with E-state index < -0.39 is 0 Å². The number of ether oxygens (including phenoxy) is 1. The number of hydrogen-bond acceptors (Lipinski definition) is 2. The number of hydrogen-bond donors (Lipinski definition) is 1. The van der Waals surface area contributed by atoms with Crippen LogP contribution in [-0.4, -0.2) is 24.8 Å². The molecule has 1 unspecified atom stereocenters. The number of rotatable bonds is 3. The second-order valence-electron chi connectivity index (χ2n) is 4.31. The molecule has 1 fully saturated rings. The Morgan fingerprint density at radius 1 is 1.67 bits per heavy atom. The summed E-state index contributed by atoms with van der Waals surface area (Å²) in [5.74, 6) is 0. The molecule has 0 bridgehead atoms. The maximum absolute atomic E-state index is 5.59. The van der Waals surface area contributed by atoms with Gasteiger partial charge in [-0.2, -0.15) is 0 Å². The molecule has 0 saturated carbocycles. The quantitative estimate of drug-likeness (QED) is 0.649. The van der Waals surface area contributed by atoms with Crippen molar-refractivity contribution < 1.29 is 4.74 Å². The molecule has 0 amide bonds. The first-order valence-corrected chi connectivity index (χ1v) is 4.51. The van der Waals surface area contributed by atoms with E-state index >= 15 is 0 Å². The Kier molecular flexibility index (Phi) is 2.91. The van der Waals surface area contributed by atoms with E-state index in [0.29, 0.717) is 6.04 Å². The molecule has 0 aromatic heterocycles. The van der Waals surface area contributed by atoms with E-state index in [9.17, 15) is 0 Å². The zero-order valence-electron chi connectivity index (χ0n) is 8.31. The third-order valence-corrected chi connectivity index (χ3v) is 2.11. The normalized spacial score (nSPS) is 27.4. The summed E-state index contributed by atoms with van der Waals surface area (Å²) in [6.07, 6.45) is 1.10. The van der Waals surface area contributed by atoms with Crippen LogP contribution in [0, 0.1) is 0 Å². The van der Waals surface area contributed by atoms with Gasteiger partial charge in [-0.05, 0) is 27.2 Å². The third kappa shape index (κ3) is 2.95. The minimum atomic E-state index is 0.0622. The van der Waals surface area contributed by atoms with Crippen molar-refractivity contribution in [2.45, 2.75) is 38.8 Å². The highest BCUT2D eigenvalue weighted by Gasteiger charge is 2.31. The van der Waals surface area contributed by atoms with Crippen molar-refractivity contribution in [1.82, 2.24) is 5.32 Å². The second kappa shape index (κ2) is 3.58. The standard InChI is InChI=1S/C10H19NO/c1-8(2)6-11-9-5-10(3,4)12-7-9/h9,11H,1,5-7H2,2-4H3. The van der Waals surface area contributed by atoms with Gasteiger partial charge in [-0.1, -0.05) is 12.2 Å². The highest BCUT2D eigenvalue weighted by Crippen LogP contribution is 2.24. The monoisotopic (exact) mass is 169 g/mol. The molecule has 1 rings (SSSR count). The van der Waals surface area contributed by atoms with Crippen LogP contribution in [0.15, 0.2) is 12.2 Å². The molecule has 0 spiro atoms. The van der Waals surface area contributed by atoms with Gasteiger partial charge in [0, 0.05) is 12.6 Å². The SMILES string of the molecule is C=C(C)CNC1COC(C)(C)C1. The van der Waals surface area contributed by atoms with Gasteiger partial charge >= 0.3 is 0 Å². The molecule has 0 aromatic carbocycles.